The minimum Gasteiger partial charge on any atom is -0.503 e. The normalized spacial score (nSPS) is 14.8. The first kappa shape index (κ1) is 24.7. The van der Waals surface area contributed by atoms with E-state index in [2.05, 4.69) is 18.7 Å². The second-order valence-electron chi connectivity index (χ2n) is 8.52. The lowest BCUT2D eigenvalue weighted by Crippen LogP contribution is -2.38. The van der Waals surface area contributed by atoms with Crippen molar-refractivity contribution in [2.24, 2.45) is 5.92 Å². The van der Waals surface area contributed by atoms with E-state index < -0.39 is 0 Å². The Balaban J connectivity index is 1.77. The Kier molecular flexibility index (Phi) is 8.71. The van der Waals surface area contributed by atoms with Crippen LogP contribution in [0, 0.1) is 5.92 Å². The SMILES string of the molecule is CC(C)CCN(Cc1ccc(Cl)c(Cl)c1)C(=O)c1cn(CCN2CCOCC2)c(O)c1O. The Morgan fingerprint density at radius 2 is 1.88 bits per heavy atom. The number of carbonyl (C=O) groups is 1. The fourth-order valence-corrected chi connectivity index (χ4v) is 3.95. The number of aromatic hydroxyl groups is 2. The van der Waals surface area contributed by atoms with E-state index in [0.29, 0.717) is 55.4 Å². The Hall–Kier alpha value is -1.93. The zero-order valence-electron chi connectivity index (χ0n) is 18.6. The van der Waals surface area contributed by atoms with Crippen molar-refractivity contribution < 1.29 is 19.7 Å². The van der Waals surface area contributed by atoms with Crippen molar-refractivity contribution in [1.29, 1.82) is 0 Å². The lowest BCUT2D eigenvalue weighted by atomic mass is 10.1. The third kappa shape index (κ3) is 6.32. The van der Waals surface area contributed by atoms with Gasteiger partial charge in [0.1, 0.15) is 5.56 Å². The topological polar surface area (TPSA) is 78.2 Å². The minimum absolute atomic E-state index is 0.0910. The summed E-state index contributed by atoms with van der Waals surface area (Å²) in [6, 6.07) is 5.27. The van der Waals surface area contributed by atoms with E-state index in [1.807, 2.05) is 6.07 Å². The van der Waals surface area contributed by atoms with E-state index in [9.17, 15) is 15.0 Å². The molecule has 1 fully saturated rings. The lowest BCUT2D eigenvalue weighted by Gasteiger charge is -2.26. The molecular formula is C23H31Cl2N3O4. The van der Waals surface area contributed by atoms with Crippen LogP contribution in [0.4, 0.5) is 0 Å². The second-order valence-corrected chi connectivity index (χ2v) is 9.33. The standard InChI is InChI=1S/C23H31Cl2N3O4/c1-16(2)5-6-27(14-17-3-4-19(24)20(25)13-17)22(30)18-15-28(23(31)21(18)29)8-7-26-9-11-32-12-10-26/h3-4,13,15-16,29,31H,5-12,14H2,1-2H3. The fraction of sp³-hybridized carbons (Fsp3) is 0.522. The van der Waals surface area contributed by atoms with Crippen LogP contribution in [-0.2, 0) is 17.8 Å². The van der Waals surface area contributed by atoms with Crippen LogP contribution >= 0.6 is 23.2 Å². The zero-order valence-corrected chi connectivity index (χ0v) is 20.1. The summed E-state index contributed by atoms with van der Waals surface area (Å²) in [5.41, 5.74) is 0.931. The van der Waals surface area contributed by atoms with Gasteiger partial charge in [0.15, 0.2) is 5.75 Å². The van der Waals surface area contributed by atoms with E-state index in [4.69, 9.17) is 27.9 Å². The molecule has 9 heteroatoms. The maximum Gasteiger partial charge on any atom is 0.259 e. The van der Waals surface area contributed by atoms with E-state index in [1.54, 1.807) is 17.0 Å². The van der Waals surface area contributed by atoms with Gasteiger partial charge in [0.05, 0.1) is 23.3 Å². The van der Waals surface area contributed by atoms with Gasteiger partial charge in [0.2, 0.25) is 5.88 Å². The van der Waals surface area contributed by atoms with Gasteiger partial charge in [0, 0.05) is 45.5 Å². The molecule has 0 bridgehead atoms. The van der Waals surface area contributed by atoms with Gasteiger partial charge in [-0.3, -0.25) is 9.69 Å². The third-order valence-corrected chi connectivity index (χ3v) is 6.38. The maximum absolute atomic E-state index is 13.4. The number of rotatable bonds is 9. The fourth-order valence-electron chi connectivity index (χ4n) is 3.63. The number of carbonyl (C=O) groups excluding carboxylic acids is 1. The van der Waals surface area contributed by atoms with Gasteiger partial charge in [-0.15, -0.1) is 0 Å². The number of hydrogen-bond donors (Lipinski definition) is 2. The molecule has 1 aromatic heterocycles. The molecule has 1 aliphatic rings. The first-order chi connectivity index (χ1) is 15.3. The summed E-state index contributed by atoms with van der Waals surface area (Å²) in [6.07, 6.45) is 2.34. The molecule has 0 radical (unpaired) electrons. The summed E-state index contributed by atoms with van der Waals surface area (Å²) in [7, 11) is 0. The molecule has 176 valence electrons. The number of nitrogens with zero attached hydrogens (tertiary/aromatic N) is 3. The maximum atomic E-state index is 13.4. The molecule has 0 aliphatic carbocycles. The van der Waals surface area contributed by atoms with Crippen LogP contribution in [0.5, 0.6) is 11.6 Å². The summed E-state index contributed by atoms with van der Waals surface area (Å²) in [5.74, 6) is -0.616. The minimum atomic E-state index is -0.388. The first-order valence-corrected chi connectivity index (χ1v) is 11.7. The smallest absolute Gasteiger partial charge is 0.259 e. The van der Waals surface area contributed by atoms with Crippen LogP contribution in [0.3, 0.4) is 0 Å². The van der Waals surface area contributed by atoms with Gasteiger partial charge in [-0.25, -0.2) is 0 Å². The van der Waals surface area contributed by atoms with Crippen LogP contribution in [-0.4, -0.2) is 69.9 Å². The Morgan fingerprint density at radius 1 is 1.16 bits per heavy atom. The van der Waals surface area contributed by atoms with Crippen molar-refractivity contribution in [3.05, 3.63) is 45.6 Å². The molecule has 7 nitrogen and oxygen atoms in total. The molecule has 0 spiro atoms. The molecule has 0 saturated carbocycles. The Bertz CT molecular complexity index is 926. The van der Waals surface area contributed by atoms with Crippen LogP contribution in [0.25, 0.3) is 0 Å². The average Bonchev–Trinajstić information content (AvgIpc) is 3.06. The predicted octanol–water partition coefficient (Wildman–Crippen LogP) is 4.23. The summed E-state index contributed by atoms with van der Waals surface area (Å²) < 4.78 is 6.88. The molecule has 2 N–H and O–H groups in total. The summed E-state index contributed by atoms with van der Waals surface area (Å²) >= 11 is 12.2. The van der Waals surface area contributed by atoms with E-state index in [1.165, 1.54) is 10.8 Å². The highest BCUT2D eigenvalue weighted by molar-refractivity contribution is 6.42. The molecule has 1 saturated heterocycles. The summed E-state index contributed by atoms with van der Waals surface area (Å²) in [4.78, 5) is 17.3. The largest absolute Gasteiger partial charge is 0.503 e. The zero-order chi connectivity index (χ0) is 23.3. The van der Waals surface area contributed by atoms with Crippen LogP contribution in [0.15, 0.2) is 24.4 Å². The Labute approximate surface area is 199 Å². The van der Waals surface area contributed by atoms with Crippen LogP contribution in [0.2, 0.25) is 10.0 Å². The molecule has 1 amide bonds. The quantitative estimate of drug-likeness (QED) is 0.557. The van der Waals surface area contributed by atoms with Crippen molar-refractivity contribution in [1.82, 2.24) is 14.4 Å². The van der Waals surface area contributed by atoms with Gasteiger partial charge in [-0.1, -0.05) is 43.1 Å². The van der Waals surface area contributed by atoms with E-state index in [0.717, 1.165) is 25.1 Å². The van der Waals surface area contributed by atoms with Gasteiger partial charge in [0.25, 0.3) is 5.91 Å². The first-order valence-electron chi connectivity index (χ1n) is 10.9. The third-order valence-electron chi connectivity index (χ3n) is 5.64. The van der Waals surface area contributed by atoms with Gasteiger partial charge < -0.3 is 24.4 Å². The average molecular weight is 484 g/mol. The molecule has 2 aromatic rings. The monoisotopic (exact) mass is 483 g/mol. The molecule has 1 aromatic carbocycles. The van der Waals surface area contributed by atoms with E-state index in [-0.39, 0.29) is 23.1 Å². The molecule has 0 unspecified atom stereocenters. The number of ether oxygens (including phenoxy) is 1. The lowest BCUT2D eigenvalue weighted by molar-refractivity contribution is 0.0361. The van der Waals surface area contributed by atoms with Gasteiger partial charge in [-0.05, 0) is 30.0 Å². The number of morpholine rings is 1. The van der Waals surface area contributed by atoms with Gasteiger partial charge >= 0.3 is 0 Å². The number of aromatic nitrogens is 1. The Morgan fingerprint density at radius 3 is 2.53 bits per heavy atom. The number of benzene rings is 1. The van der Waals surface area contributed by atoms with Crippen molar-refractivity contribution in [3.63, 3.8) is 0 Å². The van der Waals surface area contributed by atoms with Crippen molar-refractivity contribution in [2.75, 3.05) is 39.4 Å². The molecule has 0 atom stereocenters. The molecule has 1 aliphatic heterocycles. The number of halogens is 2. The highest BCUT2D eigenvalue weighted by Crippen LogP contribution is 2.33. The predicted molar refractivity (Wildman–Crippen MR) is 126 cm³/mol. The molecule has 3 rings (SSSR count). The number of amides is 1. The van der Waals surface area contributed by atoms with Crippen molar-refractivity contribution >= 4 is 29.1 Å². The summed E-state index contributed by atoms with van der Waals surface area (Å²) in [6.45, 7) is 9.19. The van der Waals surface area contributed by atoms with Crippen molar-refractivity contribution in [3.8, 4) is 11.6 Å². The van der Waals surface area contributed by atoms with Crippen LogP contribution < -0.4 is 0 Å². The van der Waals surface area contributed by atoms with E-state index >= 15 is 0 Å². The molecule has 2 heterocycles. The van der Waals surface area contributed by atoms with Gasteiger partial charge in [-0.2, -0.15) is 0 Å². The molecular weight excluding hydrogens is 453 g/mol. The highest BCUT2D eigenvalue weighted by atomic mass is 35.5. The molecule has 32 heavy (non-hydrogen) atoms. The highest BCUT2D eigenvalue weighted by Gasteiger charge is 2.25. The summed E-state index contributed by atoms with van der Waals surface area (Å²) in [5, 5.41) is 21.8. The van der Waals surface area contributed by atoms with Crippen LogP contribution in [0.1, 0.15) is 36.2 Å². The van der Waals surface area contributed by atoms with Crippen molar-refractivity contribution in [2.45, 2.75) is 33.4 Å². The second kappa shape index (κ2) is 11.3. The number of hydrogen-bond acceptors (Lipinski definition) is 5.